The largest absolute Gasteiger partial charge is 0.350 e. The third-order valence-electron chi connectivity index (χ3n) is 4.70. The average Bonchev–Trinajstić information content (AvgIpc) is 3.14. The Bertz CT molecular complexity index is 585. The summed E-state index contributed by atoms with van der Waals surface area (Å²) in [6.07, 6.45) is 5.11. The number of nitrogens with one attached hydrogen (secondary N) is 1. The monoisotopic (exact) mass is 337 g/mol. The molecule has 2 amide bonds. The first-order chi connectivity index (χ1) is 10.6. The zero-order chi connectivity index (χ0) is 15.6. The van der Waals surface area contributed by atoms with Gasteiger partial charge in [-0.3, -0.25) is 9.59 Å². The Labute approximate surface area is 143 Å². The highest BCUT2D eigenvalue weighted by Gasteiger charge is 2.36. The van der Waals surface area contributed by atoms with Crippen LogP contribution < -0.4 is 16.0 Å². The summed E-state index contributed by atoms with van der Waals surface area (Å²) in [5.41, 5.74) is 7.36. The molecule has 0 bridgehead atoms. The number of carbonyl (C=O) groups is 2. The quantitative estimate of drug-likeness (QED) is 0.883. The van der Waals surface area contributed by atoms with Gasteiger partial charge >= 0.3 is 0 Å². The lowest BCUT2D eigenvalue weighted by atomic mass is 9.98. The van der Waals surface area contributed by atoms with Crippen molar-refractivity contribution in [2.45, 2.75) is 50.6 Å². The van der Waals surface area contributed by atoms with Crippen molar-refractivity contribution in [3.63, 3.8) is 0 Å². The molecule has 1 aromatic carbocycles. The van der Waals surface area contributed by atoms with E-state index in [1.54, 1.807) is 0 Å². The maximum absolute atomic E-state index is 12.2. The number of hydrogen-bond donors (Lipinski definition) is 2. The van der Waals surface area contributed by atoms with E-state index in [0.29, 0.717) is 13.0 Å². The molecule has 0 unspecified atom stereocenters. The van der Waals surface area contributed by atoms with Crippen LogP contribution in [0, 0.1) is 0 Å². The summed E-state index contributed by atoms with van der Waals surface area (Å²) in [4.78, 5) is 25.9. The zero-order valence-corrected chi connectivity index (χ0v) is 14.0. The van der Waals surface area contributed by atoms with Crippen molar-refractivity contribution in [1.82, 2.24) is 5.32 Å². The zero-order valence-electron chi connectivity index (χ0n) is 13.2. The van der Waals surface area contributed by atoms with E-state index in [2.05, 4.69) is 5.32 Å². The van der Waals surface area contributed by atoms with Crippen molar-refractivity contribution in [3.05, 3.63) is 29.8 Å². The number of rotatable bonds is 4. The SMILES string of the molecule is Cl.NC1(C(=O)NCc2cccc(N3CCCC3=O)c2)CCCC1. The fourth-order valence-electron chi connectivity index (χ4n) is 3.35. The van der Waals surface area contributed by atoms with Crippen molar-refractivity contribution >= 4 is 29.9 Å². The lowest BCUT2D eigenvalue weighted by molar-refractivity contribution is -0.126. The van der Waals surface area contributed by atoms with E-state index in [1.165, 1.54) is 0 Å². The number of nitrogens with zero attached hydrogens (tertiary/aromatic N) is 1. The second kappa shape index (κ2) is 7.32. The first-order valence-corrected chi connectivity index (χ1v) is 8.05. The molecule has 1 heterocycles. The highest BCUT2D eigenvalue weighted by Crippen LogP contribution is 2.27. The molecule has 2 aliphatic rings. The predicted molar refractivity (Wildman–Crippen MR) is 92.5 cm³/mol. The van der Waals surface area contributed by atoms with Crippen LogP contribution in [0.5, 0.6) is 0 Å². The normalized spacial score (nSPS) is 19.5. The summed E-state index contributed by atoms with van der Waals surface area (Å²) in [6.45, 7) is 1.23. The van der Waals surface area contributed by atoms with Gasteiger partial charge in [-0.25, -0.2) is 0 Å². The van der Waals surface area contributed by atoms with Crippen LogP contribution in [-0.2, 0) is 16.1 Å². The van der Waals surface area contributed by atoms with E-state index < -0.39 is 5.54 Å². The number of benzene rings is 1. The van der Waals surface area contributed by atoms with E-state index in [9.17, 15) is 9.59 Å². The molecule has 0 radical (unpaired) electrons. The van der Waals surface area contributed by atoms with Crippen molar-refractivity contribution in [2.24, 2.45) is 5.73 Å². The number of carbonyl (C=O) groups excluding carboxylic acids is 2. The Morgan fingerprint density at radius 2 is 2.00 bits per heavy atom. The highest BCUT2D eigenvalue weighted by atomic mass is 35.5. The van der Waals surface area contributed by atoms with Gasteiger partial charge in [0.25, 0.3) is 0 Å². The molecule has 0 atom stereocenters. The third kappa shape index (κ3) is 3.85. The van der Waals surface area contributed by atoms with Gasteiger partial charge in [0.1, 0.15) is 0 Å². The van der Waals surface area contributed by atoms with Gasteiger partial charge in [0.15, 0.2) is 0 Å². The van der Waals surface area contributed by atoms with Crippen LogP contribution in [0.25, 0.3) is 0 Å². The van der Waals surface area contributed by atoms with Gasteiger partial charge in [-0.15, -0.1) is 12.4 Å². The number of amides is 2. The molecule has 6 heteroatoms. The molecular weight excluding hydrogens is 314 g/mol. The van der Waals surface area contributed by atoms with Crippen molar-refractivity contribution in [1.29, 1.82) is 0 Å². The summed E-state index contributed by atoms with van der Waals surface area (Å²) >= 11 is 0. The van der Waals surface area contributed by atoms with E-state index in [0.717, 1.165) is 49.9 Å². The minimum Gasteiger partial charge on any atom is -0.350 e. The van der Waals surface area contributed by atoms with Crippen LogP contribution in [-0.4, -0.2) is 23.9 Å². The molecule has 1 aromatic rings. The molecule has 5 nitrogen and oxygen atoms in total. The molecule has 1 aliphatic heterocycles. The average molecular weight is 338 g/mol. The lowest BCUT2D eigenvalue weighted by Gasteiger charge is -2.22. The summed E-state index contributed by atoms with van der Waals surface area (Å²) in [5.74, 6) is 0.112. The minimum atomic E-state index is -0.692. The molecule has 1 saturated carbocycles. The van der Waals surface area contributed by atoms with Crippen molar-refractivity contribution in [3.8, 4) is 0 Å². The summed E-state index contributed by atoms with van der Waals surface area (Å²) < 4.78 is 0. The molecule has 1 saturated heterocycles. The Balaban J connectivity index is 0.00000192. The summed E-state index contributed by atoms with van der Waals surface area (Å²) in [6, 6.07) is 7.80. The van der Waals surface area contributed by atoms with Gasteiger partial charge in [0, 0.05) is 25.2 Å². The number of anilines is 1. The summed E-state index contributed by atoms with van der Waals surface area (Å²) in [7, 11) is 0. The molecule has 3 rings (SSSR count). The van der Waals surface area contributed by atoms with E-state index in [-0.39, 0.29) is 24.2 Å². The Hall–Kier alpha value is -1.59. The van der Waals surface area contributed by atoms with Gasteiger partial charge in [-0.1, -0.05) is 25.0 Å². The highest BCUT2D eigenvalue weighted by molar-refractivity contribution is 5.95. The maximum Gasteiger partial charge on any atom is 0.240 e. The summed E-state index contributed by atoms with van der Waals surface area (Å²) in [5, 5.41) is 2.94. The maximum atomic E-state index is 12.2. The molecule has 126 valence electrons. The third-order valence-corrected chi connectivity index (χ3v) is 4.70. The van der Waals surface area contributed by atoms with Crippen LogP contribution in [0.2, 0.25) is 0 Å². The molecule has 2 fully saturated rings. The first-order valence-electron chi connectivity index (χ1n) is 8.05. The Morgan fingerprint density at radius 3 is 2.65 bits per heavy atom. The molecule has 1 aliphatic carbocycles. The van der Waals surface area contributed by atoms with Crippen LogP contribution in [0.4, 0.5) is 5.69 Å². The molecule has 0 spiro atoms. The number of hydrogen-bond acceptors (Lipinski definition) is 3. The smallest absolute Gasteiger partial charge is 0.240 e. The molecule has 23 heavy (non-hydrogen) atoms. The Morgan fingerprint density at radius 1 is 1.26 bits per heavy atom. The van der Waals surface area contributed by atoms with Gasteiger partial charge in [-0.05, 0) is 37.0 Å². The van der Waals surface area contributed by atoms with E-state index in [4.69, 9.17) is 5.73 Å². The van der Waals surface area contributed by atoms with Crippen LogP contribution in [0.3, 0.4) is 0 Å². The van der Waals surface area contributed by atoms with Crippen molar-refractivity contribution in [2.75, 3.05) is 11.4 Å². The van der Waals surface area contributed by atoms with Crippen molar-refractivity contribution < 1.29 is 9.59 Å². The lowest BCUT2D eigenvalue weighted by Crippen LogP contribution is -2.51. The predicted octanol–water partition coefficient (Wildman–Crippen LogP) is 2.12. The van der Waals surface area contributed by atoms with Crippen LogP contribution in [0.1, 0.15) is 44.1 Å². The number of halogens is 1. The minimum absolute atomic E-state index is 0. The van der Waals surface area contributed by atoms with E-state index in [1.807, 2.05) is 29.2 Å². The fourth-order valence-corrected chi connectivity index (χ4v) is 3.35. The topological polar surface area (TPSA) is 75.4 Å². The number of nitrogens with two attached hydrogens (primary N) is 1. The van der Waals surface area contributed by atoms with Gasteiger partial charge < -0.3 is 16.0 Å². The van der Waals surface area contributed by atoms with Gasteiger partial charge in [0.05, 0.1) is 5.54 Å². The van der Waals surface area contributed by atoms with Crippen LogP contribution in [0.15, 0.2) is 24.3 Å². The second-order valence-electron chi connectivity index (χ2n) is 6.36. The van der Waals surface area contributed by atoms with Crippen LogP contribution >= 0.6 is 12.4 Å². The molecule has 3 N–H and O–H groups in total. The standard InChI is InChI=1S/C17H23N3O2.ClH/c18-17(8-1-2-9-17)16(22)19-12-13-5-3-6-14(11-13)20-10-4-7-15(20)21;/h3,5-6,11H,1-2,4,7-10,12,18H2,(H,19,22);1H. The first kappa shape index (κ1) is 17.8. The molecular formula is C17H24ClN3O2. The fraction of sp³-hybridized carbons (Fsp3) is 0.529. The molecule has 0 aromatic heterocycles. The van der Waals surface area contributed by atoms with E-state index >= 15 is 0 Å². The van der Waals surface area contributed by atoms with Gasteiger partial charge in [0.2, 0.25) is 11.8 Å². The van der Waals surface area contributed by atoms with Gasteiger partial charge in [-0.2, -0.15) is 0 Å². The Kier molecular flexibility index (Phi) is 5.65. The second-order valence-corrected chi connectivity index (χ2v) is 6.36.